The van der Waals surface area contributed by atoms with E-state index in [9.17, 15) is 0 Å². The van der Waals surface area contributed by atoms with Crippen molar-refractivity contribution in [2.24, 2.45) is 0 Å². The van der Waals surface area contributed by atoms with Crippen LogP contribution >= 0.6 is 0 Å². The number of rotatable bonds is 3. The highest BCUT2D eigenvalue weighted by Gasteiger charge is 2.22. The molecule has 0 amide bonds. The lowest BCUT2D eigenvalue weighted by Gasteiger charge is -2.18. The number of benzene rings is 1. The normalized spacial score (nSPS) is 18.7. The van der Waals surface area contributed by atoms with Crippen molar-refractivity contribution in [3.05, 3.63) is 29.2 Å². The molecule has 1 aliphatic heterocycles. The highest BCUT2D eigenvalue weighted by atomic mass is 16.5. The average Bonchev–Trinajstić information content (AvgIpc) is 2.97. The first kappa shape index (κ1) is 14.1. The quantitative estimate of drug-likeness (QED) is 0.940. The summed E-state index contributed by atoms with van der Waals surface area (Å²) in [5, 5.41) is 7.52. The minimum Gasteiger partial charge on any atom is -0.496 e. The van der Waals surface area contributed by atoms with Crippen molar-refractivity contribution in [1.82, 2.24) is 15.5 Å². The number of hydrogen-bond acceptors (Lipinski definition) is 5. The van der Waals surface area contributed by atoms with Crippen LogP contribution in [0.1, 0.15) is 35.8 Å². The van der Waals surface area contributed by atoms with E-state index in [1.807, 2.05) is 26.0 Å². The van der Waals surface area contributed by atoms with E-state index in [0.29, 0.717) is 11.7 Å². The SMILES string of the molecule is COc1c(C)cc(-c2noc([C@H]3CCCNC3)n2)cc1C. The Morgan fingerprint density at radius 3 is 2.67 bits per heavy atom. The molecule has 0 unspecified atom stereocenters. The number of ether oxygens (including phenoxy) is 1. The van der Waals surface area contributed by atoms with Gasteiger partial charge in [-0.1, -0.05) is 5.16 Å². The van der Waals surface area contributed by atoms with E-state index in [2.05, 4.69) is 15.5 Å². The van der Waals surface area contributed by atoms with Gasteiger partial charge in [-0.05, 0) is 56.5 Å². The first-order valence-corrected chi connectivity index (χ1v) is 7.39. The lowest BCUT2D eigenvalue weighted by atomic mass is 10.00. The van der Waals surface area contributed by atoms with Crippen molar-refractivity contribution in [2.45, 2.75) is 32.6 Å². The van der Waals surface area contributed by atoms with Gasteiger partial charge in [-0.2, -0.15) is 4.98 Å². The number of nitrogens with zero attached hydrogens (tertiary/aromatic N) is 2. The van der Waals surface area contributed by atoms with Crippen LogP contribution in [-0.2, 0) is 0 Å². The van der Waals surface area contributed by atoms with Crippen LogP contribution in [0.25, 0.3) is 11.4 Å². The average molecular weight is 287 g/mol. The van der Waals surface area contributed by atoms with Gasteiger partial charge in [0.25, 0.3) is 0 Å². The third kappa shape index (κ3) is 2.78. The predicted molar refractivity (Wildman–Crippen MR) is 80.6 cm³/mol. The first-order valence-electron chi connectivity index (χ1n) is 7.39. The van der Waals surface area contributed by atoms with Gasteiger partial charge in [-0.15, -0.1) is 0 Å². The van der Waals surface area contributed by atoms with Crippen molar-refractivity contribution < 1.29 is 9.26 Å². The molecule has 1 atom stereocenters. The molecule has 0 radical (unpaired) electrons. The van der Waals surface area contributed by atoms with Crippen molar-refractivity contribution in [3.8, 4) is 17.1 Å². The zero-order valence-electron chi connectivity index (χ0n) is 12.8. The Bertz CT molecular complexity index is 607. The van der Waals surface area contributed by atoms with Gasteiger partial charge in [-0.25, -0.2) is 0 Å². The second kappa shape index (κ2) is 5.85. The number of aryl methyl sites for hydroxylation is 2. The topological polar surface area (TPSA) is 60.2 Å². The van der Waals surface area contributed by atoms with E-state index in [0.717, 1.165) is 54.3 Å². The predicted octanol–water partition coefficient (Wildman–Crippen LogP) is 2.83. The fourth-order valence-corrected chi connectivity index (χ4v) is 2.98. The molecular weight excluding hydrogens is 266 g/mol. The molecule has 1 saturated heterocycles. The molecule has 1 aromatic carbocycles. The smallest absolute Gasteiger partial charge is 0.231 e. The molecule has 0 aliphatic carbocycles. The third-order valence-electron chi connectivity index (χ3n) is 4.01. The molecule has 1 fully saturated rings. The van der Waals surface area contributed by atoms with E-state index in [-0.39, 0.29) is 0 Å². The summed E-state index contributed by atoms with van der Waals surface area (Å²) in [5.41, 5.74) is 3.14. The second-order valence-electron chi connectivity index (χ2n) is 5.64. The first-order chi connectivity index (χ1) is 10.2. The number of nitrogens with one attached hydrogen (secondary N) is 1. The van der Waals surface area contributed by atoms with Gasteiger partial charge < -0.3 is 14.6 Å². The summed E-state index contributed by atoms with van der Waals surface area (Å²) in [7, 11) is 1.69. The van der Waals surface area contributed by atoms with Crippen molar-refractivity contribution in [1.29, 1.82) is 0 Å². The largest absolute Gasteiger partial charge is 0.496 e. The molecule has 1 N–H and O–H groups in total. The van der Waals surface area contributed by atoms with Crippen LogP contribution in [0, 0.1) is 13.8 Å². The lowest BCUT2D eigenvalue weighted by Crippen LogP contribution is -2.28. The zero-order valence-corrected chi connectivity index (χ0v) is 12.8. The summed E-state index contributed by atoms with van der Waals surface area (Å²) < 4.78 is 10.9. The van der Waals surface area contributed by atoms with Crippen LogP contribution in [0.2, 0.25) is 0 Å². The van der Waals surface area contributed by atoms with E-state index in [1.165, 1.54) is 0 Å². The molecule has 2 aromatic rings. The van der Waals surface area contributed by atoms with Gasteiger partial charge in [0.15, 0.2) is 0 Å². The van der Waals surface area contributed by atoms with E-state index < -0.39 is 0 Å². The molecule has 0 saturated carbocycles. The standard InChI is InChI=1S/C16H21N3O2/c1-10-7-13(8-11(2)14(10)20-3)15-18-16(21-19-15)12-5-4-6-17-9-12/h7-8,12,17H,4-6,9H2,1-3H3/t12-/m0/s1. The maximum Gasteiger partial charge on any atom is 0.231 e. The van der Waals surface area contributed by atoms with Crippen LogP contribution in [-0.4, -0.2) is 30.3 Å². The fourth-order valence-electron chi connectivity index (χ4n) is 2.98. The lowest BCUT2D eigenvalue weighted by molar-refractivity contribution is 0.322. The van der Waals surface area contributed by atoms with Gasteiger partial charge in [0.2, 0.25) is 11.7 Å². The van der Waals surface area contributed by atoms with Crippen molar-refractivity contribution >= 4 is 0 Å². The summed E-state index contributed by atoms with van der Waals surface area (Å²) in [5.74, 6) is 2.65. The summed E-state index contributed by atoms with van der Waals surface area (Å²) in [4.78, 5) is 4.58. The van der Waals surface area contributed by atoms with Crippen LogP contribution in [0.15, 0.2) is 16.7 Å². The Labute approximate surface area is 124 Å². The fraction of sp³-hybridized carbons (Fsp3) is 0.500. The molecule has 1 aliphatic rings. The minimum atomic E-state index is 0.334. The molecule has 1 aromatic heterocycles. The van der Waals surface area contributed by atoms with Gasteiger partial charge >= 0.3 is 0 Å². The monoisotopic (exact) mass is 287 g/mol. The molecule has 21 heavy (non-hydrogen) atoms. The van der Waals surface area contributed by atoms with Crippen molar-refractivity contribution in [2.75, 3.05) is 20.2 Å². The maximum atomic E-state index is 5.46. The van der Waals surface area contributed by atoms with Crippen LogP contribution in [0.4, 0.5) is 0 Å². The van der Waals surface area contributed by atoms with E-state index >= 15 is 0 Å². The summed E-state index contributed by atoms with van der Waals surface area (Å²) in [6.45, 7) is 6.05. The molecule has 5 heteroatoms. The Morgan fingerprint density at radius 2 is 2.05 bits per heavy atom. The molecule has 112 valence electrons. The van der Waals surface area contributed by atoms with E-state index in [4.69, 9.17) is 9.26 Å². The highest BCUT2D eigenvalue weighted by Crippen LogP contribution is 2.30. The second-order valence-corrected chi connectivity index (χ2v) is 5.64. The molecule has 0 bridgehead atoms. The van der Waals surface area contributed by atoms with Crippen LogP contribution in [0.5, 0.6) is 5.75 Å². The number of piperidine rings is 1. The van der Waals surface area contributed by atoms with Gasteiger partial charge in [0.1, 0.15) is 5.75 Å². The molecule has 2 heterocycles. The van der Waals surface area contributed by atoms with Crippen LogP contribution in [0.3, 0.4) is 0 Å². The molecule has 3 rings (SSSR count). The van der Waals surface area contributed by atoms with Crippen LogP contribution < -0.4 is 10.1 Å². The Kier molecular flexibility index (Phi) is 3.92. The van der Waals surface area contributed by atoms with Crippen molar-refractivity contribution in [3.63, 3.8) is 0 Å². The summed E-state index contributed by atoms with van der Waals surface area (Å²) in [6, 6.07) is 4.08. The Morgan fingerprint density at radius 1 is 1.29 bits per heavy atom. The Balaban J connectivity index is 1.89. The van der Waals surface area contributed by atoms with Gasteiger partial charge in [-0.3, -0.25) is 0 Å². The zero-order chi connectivity index (χ0) is 14.8. The number of hydrogen-bond donors (Lipinski definition) is 1. The highest BCUT2D eigenvalue weighted by molar-refractivity contribution is 5.61. The van der Waals surface area contributed by atoms with E-state index in [1.54, 1.807) is 7.11 Å². The third-order valence-corrected chi connectivity index (χ3v) is 4.01. The molecule has 5 nitrogen and oxygen atoms in total. The molecular formula is C16H21N3O2. The molecule has 0 spiro atoms. The minimum absolute atomic E-state index is 0.334. The number of methoxy groups -OCH3 is 1. The summed E-state index contributed by atoms with van der Waals surface area (Å²) in [6.07, 6.45) is 2.26. The number of aromatic nitrogens is 2. The maximum absolute atomic E-state index is 5.46. The Hall–Kier alpha value is -1.88. The van der Waals surface area contributed by atoms with Gasteiger partial charge in [0, 0.05) is 12.1 Å². The van der Waals surface area contributed by atoms with Gasteiger partial charge in [0.05, 0.1) is 13.0 Å². The summed E-state index contributed by atoms with van der Waals surface area (Å²) >= 11 is 0.